The number of hydrogen-bond acceptors (Lipinski definition) is 7. The number of fused-ring (bicyclic) bond motifs is 1. The molecule has 0 unspecified atom stereocenters. The lowest BCUT2D eigenvalue weighted by Crippen LogP contribution is -2.22. The zero-order chi connectivity index (χ0) is 14.8. The molecule has 1 amide bonds. The molecule has 6 nitrogen and oxygen atoms in total. The first-order valence-electron chi connectivity index (χ1n) is 6.29. The molecule has 8 heteroatoms. The van der Waals surface area contributed by atoms with E-state index in [1.807, 2.05) is 13.8 Å². The minimum atomic E-state index is -0.261. The molecule has 2 heterocycles. The molecule has 0 saturated carbocycles. The summed E-state index contributed by atoms with van der Waals surface area (Å²) in [6.45, 7) is 3.94. The highest BCUT2D eigenvalue weighted by molar-refractivity contribution is 8.02. The van der Waals surface area contributed by atoms with Crippen LogP contribution in [0, 0.1) is 6.92 Å². The molecular formula is C13H13N3O3S2. The first kappa shape index (κ1) is 14.2. The first-order valence-corrected chi connectivity index (χ1v) is 7.99. The Labute approximate surface area is 129 Å². The molecule has 1 aliphatic rings. The van der Waals surface area contributed by atoms with Crippen LogP contribution in [0.1, 0.15) is 11.9 Å². The second kappa shape index (κ2) is 5.90. The molecule has 1 aromatic carbocycles. The van der Waals surface area contributed by atoms with E-state index >= 15 is 0 Å². The highest BCUT2D eigenvalue weighted by Crippen LogP contribution is 2.34. The van der Waals surface area contributed by atoms with Crippen molar-refractivity contribution in [2.45, 2.75) is 23.4 Å². The second-order valence-electron chi connectivity index (χ2n) is 4.40. The molecule has 1 aromatic heterocycles. The van der Waals surface area contributed by atoms with Crippen molar-refractivity contribution < 1.29 is 14.3 Å². The minimum absolute atomic E-state index is 0.0910. The van der Waals surface area contributed by atoms with Crippen molar-refractivity contribution in [1.29, 1.82) is 0 Å². The third-order valence-corrected chi connectivity index (χ3v) is 4.82. The van der Waals surface area contributed by atoms with Gasteiger partial charge in [-0.05, 0) is 26.0 Å². The Kier molecular flexibility index (Phi) is 3.98. The number of rotatable bonds is 4. The first-order chi connectivity index (χ1) is 10.1. The molecule has 0 saturated heterocycles. The number of nitrogens with one attached hydrogen (secondary N) is 1. The lowest BCUT2D eigenvalue weighted by molar-refractivity contribution is -0.115. The van der Waals surface area contributed by atoms with Crippen LogP contribution in [0.4, 0.5) is 5.69 Å². The van der Waals surface area contributed by atoms with Crippen molar-refractivity contribution in [2.24, 2.45) is 0 Å². The number of carbonyl (C=O) groups is 1. The van der Waals surface area contributed by atoms with Crippen molar-refractivity contribution in [3.63, 3.8) is 0 Å². The normalized spacial score (nSPS) is 14.0. The number of amides is 1. The average Bonchev–Trinajstić information content (AvgIpc) is 3.07. The maximum atomic E-state index is 12.2. The summed E-state index contributed by atoms with van der Waals surface area (Å²) in [5, 5.41) is 11.4. The van der Waals surface area contributed by atoms with Gasteiger partial charge in [-0.25, -0.2) is 0 Å². The number of carbonyl (C=O) groups excluding carboxylic acids is 1. The molecule has 110 valence electrons. The molecule has 0 radical (unpaired) electrons. The third-order valence-electron chi connectivity index (χ3n) is 2.79. The zero-order valence-electron chi connectivity index (χ0n) is 11.5. The van der Waals surface area contributed by atoms with Crippen LogP contribution in [0.15, 0.2) is 22.5 Å². The van der Waals surface area contributed by atoms with Gasteiger partial charge in [-0.1, -0.05) is 23.1 Å². The van der Waals surface area contributed by atoms with Gasteiger partial charge < -0.3 is 14.8 Å². The van der Waals surface area contributed by atoms with Crippen molar-refractivity contribution in [3.8, 4) is 11.5 Å². The van der Waals surface area contributed by atoms with E-state index < -0.39 is 0 Å². The van der Waals surface area contributed by atoms with Crippen LogP contribution in [-0.4, -0.2) is 28.1 Å². The van der Waals surface area contributed by atoms with E-state index in [1.165, 1.54) is 23.1 Å². The van der Waals surface area contributed by atoms with Gasteiger partial charge in [0.15, 0.2) is 15.8 Å². The number of anilines is 1. The van der Waals surface area contributed by atoms with E-state index in [9.17, 15) is 4.79 Å². The number of ether oxygens (including phenoxy) is 2. The van der Waals surface area contributed by atoms with Crippen molar-refractivity contribution >= 4 is 34.7 Å². The van der Waals surface area contributed by atoms with E-state index in [2.05, 4.69) is 15.5 Å². The maximum Gasteiger partial charge on any atom is 0.237 e. The van der Waals surface area contributed by atoms with Gasteiger partial charge in [0, 0.05) is 11.8 Å². The summed E-state index contributed by atoms with van der Waals surface area (Å²) in [6, 6.07) is 5.33. The van der Waals surface area contributed by atoms with E-state index in [1.54, 1.807) is 18.2 Å². The SMILES string of the molecule is Cc1nnc(S[C@@H](C)C(=O)Nc2ccc3c(c2)OCO3)s1. The smallest absolute Gasteiger partial charge is 0.237 e. The molecule has 0 bridgehead atoms. The minimum Gasteiger partial charge on any atom is -0.454 e. The zero-order valence-corrected chi connectivity index (χ0v) is 13.1. The number of thioether (sulfide) groups is 1. The molecule has 0 fully saturated rings. The molecule has 21 heavy (non-hydrogen) atoms. The van der Waals surface area contributed by atoms with E-state index in [0.717, 1.165) is 9.35 Å². The van der Waals surface area contributed by atoms with Crippen LogP contribution < -0.4 is 14.8 Å². The van der Waals surface area contributed by atoms with Crippen LogP contribution in [-0.2, 0) is 4.79 Å². The van der Waals surface area contributed by atoms with Gasteiger partial charge in [0.1, 0.15) is 5.01 Å². The van der Waals surface area contributed by atoms with Gasteiger partial charge in [0.2, 0.25) is 12.7 Å². The van der Waals surface area contributed by atoms with Gasteiger partial charge >= 0.3 is 0 Å². The monoisotopic (exact) mass is 323 g/mol. The van der Waals surface area contributed by atoms with Crippen LogP contribution in [0.5, 0.6) is 11.5 Å². The fourth-order valence-electron chi connectivity index (χ4n) is 1.75. The van der Waals surface area contributed by atoms with Gasteiger partial charge in [-0.3, -0.25) is 4.79 Å². The summed E-state index contributed by atoms with van der Waals surface area (Å²) >= 11 is 2.87. The lowest BCUT2D eigenvalue weighted by Gasteiger charge is -2.10. The number of nitrogens with zero attached hydrogens (tertiary/aromatic N) is 2. The lowest BCUT2D eigenvalue weighted by atomic mass is 10.2. The van der Waals surface area contributed by atoms with Crippen molar-refractivity contribution in [1.82, 2.24) is 10.2 Å². The largest absolute Gasteiger partial charge is 0.454 e. The molecule has 0 spiro atoms. The molecule has 3 rings (SSSR count). The molecule has 1 atom stereocenters. The quantitative estimate of drug-likeness (QED) is 0.872. The number of aromatic nitrogens is 2. The standard InChI is InChI=1S/C13H13N3O3S2/c1-7(20-13-16-15-8(2)21-13)12(17)14-9-3-4-10-11(5-9)19-6-18-10/h3-5,7H,6H2,1-2H3,(H,14,17)/t7-/m0/s1. The van der Waals surface area contributed by atoms with Crippen LogP contribution in [0.3, 0.4) is 0 Å². The summed E-state index contributed by atoms with van der Waals surface area (Å²) in [6.07, 6.45) is 0. The van der Waals surface area contributed by atoms with E-state index in [0.29, 0.717) is 17.2 Å². The van der Waals surface area contributed by atoms with Crippen molar-refractivity contribution in [2.75, 3.05) is 12.1 Å². The average molecular weight is 323 g/mol. The summed E-state index contributed by atoms with van der Waals surface area (Å²) in [5.41, 5.74) is 0.685. The summed E-state index contributed by atoms with van der Waals surface area (Å²) in [5.74, 6) is 1.25. The Balaban J connectivity index is 1.63. The molecular weight excluding hydrogens is 310 g/mol. The summed E-state index contributed by atoms with van der Waals surface area (Å²) < 4.78 is 11.3. The van der Waals surface area contributed by atoms with E-state index in [4.69, 9.17) is 9.47 Å². The van der Waals surface area contributed by atoms with Gasteiger partial charge in [0.05, 0.1) is 5.25 Å². The Hall–Kier alpha value is -1.80. The fraction of sp³-hybridized carbons (Fsp3) is 0.308. The van der Waals surface area contributed by atoms with Gasteiger partial charge in [0.25, 0.3) is 0 Å². The number of benzene rings is 1. The fourth-order valence-corrected chi connectivity index (χ4v) is 3.71. The Morgan fingerprint density at radius 1 is 1.38 bits per heavy atom. The van der Waals surface area contributed by atoms with Crippen LogP contribution in [0.25, 0.3) is 0 Å². The van der Waals surface area contributed by atoms with Gasteiger partial charge in [-0.15, -0.1) is 10.2 Å². The predicted molar refractivity (Wildman–Crippen MR) is 81.2 cm³/mol. The topological polar surface area (TPSA) is 73.3 Å². The van der Waals surface area contributed by atoms with Crippen LogP contribution >= 0.6 is 23.1 Å². The third kappa shape index (κ3) is 3.27. The summed E-state index contributed by atoms with van der Waals surface area (Å²) in [7, 11) is 0. The maximum absolute atomic E-state index is 12.2. The highest BCUT2D eigenvalue weighted by atomic mass is 32.2. The molecule has 2 aromatic rings. The van der Waals surface area contributed by atoms with E-state index in [-0.39, 0.29) is 18.0 Å². The Morgan fingerprint density at radius 3 is 2.95 bits per heavy atom. The second-order valence-corrected chi connectivity index (χ2v) is 7.17. The predicted octanol–water partition coefficient (Wildman–Crippen LogP) is 2.69. The van der Waals surface area contributed by atoms with Gasteiger partial charge in [-0.2, -0.15) is 0 Å². The van der Waals surface area contributed by atoms with Crippen LogP contribution in [0.2, 0.25) is 0 Å². The molecule has 1 N–H and O–H groups in total. The Bertz CT molecular complexity index is 674. The molecule has 1 aliphatic heterocycles. The Morgan fingerprint density at radius 2 is 2.19 bits per heavy atom. The number of aryl methyl sites for hydroxylation is 1. The summed E-state index contributed by atoms with van der Waals surface area (Å²) in [4.78, 5) is 12.2. The number of hydrogen-bond donors (Lipinski definition) is 1. The molecule has 0 aliphatic carbocycles. The van der Waals surface area contributed by atoms with Crippen molar-refractivity contribution in [3.05, 3.63) is 23.2 Å². The highest BCUT2D eigenvalue weighted by Gasteiger charge is 2.19.